The van der Waals surface area contributed by atoms with E-state index in [4.69, 9.17) is 0 Å². The Morgan fingerprint density at radius 1 is 1.43 bits per heavy atom. The summed E-state index contributed by atoms with van der Waals surface area (Å²) in [6.45, 7) is 2.87. The van der Waals surface area contributed by atoms with Gasteiger partial charge in [-0.25, -0.2) is 0 Å². The Morgan fingerprint density at radius 3 is 3.04 bits per heavy atom. The zero-order chi connectivity index (χ0) is 16.1. The Hall–Kier alpha value is -2.37. The molecule has 1 N–H and O–H groups in total. The van der Waals surface area contributed by atoms with E-state index in [0.29, 0.717) is 5.92 Å². The third-order valence-corrected chi connectivity index (χ3v) is 4.29. The first-order valence-corrected chi connectivity index (χ1v) is 8.10. The van der Waals surface area contributed by atoms with Crippen molar-refractivity contribution in [3.63, 3.8) is 0 Å². The van der Waals surface area contributed by atoms with Gasteiger partial charge < -0.3 is 10.2 Å². The van der Waals surface area contributed by atoms with E-state index in [0.717, 1.165) is 44.1 Å². The van der Waals surface area contributed by atoms with Gasteiger partial charge in [-0.2, -0.15) is 5.10 Å². The molecule has 3 rings (SSSR count). The van der Waals surface area contributed by atoms with Crippen LogP contribution >= 0.6 is 0 Å². The van der Waals surface area contributed by atoms with Crippen molar-refractivity contribution in [3.05, 3.63) is 48.0 Å². The number of aryl methyl sites for hydroxylation is 1. The van der Waals surface area contributed by atoms with Crippen LogP contribution in [0.2, 0.25) is 0 Å². The number of hydrogen-bond donors (Lipinski definition) is 1. The molecule has 6 heteroatoms. The summed E-state index contributed by atoms with van der Waals surface area (Å²) in [6.07, 6.45) is 7.98. The molecule has 2 aromatic rings. The number of aromatic nitrogens is 3. The van der Waals surface area contributed by atoms with Crippen molar-refractivity contribution < 1.29 is 0 Å². The lowest BCUT2D eigenvalue weighted by atomic mass is 10.0. The van der Waals surface area contributed by atoms with E-state index < -0.39 is 0 Å². The van der Waals surface area contributed by atoms with Gasteiger partial charge in [-0.3, -0.25) is 14.7 Å². The van der Waals surface area contributed by atoms with Crippen molar-refractivity contribution >= 4 is 5.96 Å². The first-order valence-electron chi connectivity index (χ1n) is 8.10. The van der Waals surface area contributed by atoms with Crippen LogP contribution in [0.15, 0.2) is 41.8 Å². The Labute approximate surface area is 137 Å². The Bertz CT molecular complexity index is 648. The lowest BCUT2D eigenvalue weighted by Crippen LogP contribution is -2.40. The number of rotatable bonds is 4. The molecular formula is C17H24N6. The molecule has 0 spiro atoms. The molecule has 1 saturated heterocycles. The Balaban J connectivity index is 1.51. The maximum Gasteiger partial charge on any atom is 0.193 e. The SMILES string of the molecule is CN=C(NCCc1ccccn1)N1CCC(c2cnn(C)c2)C1. The smallest absolute Gasteiger partial charge is 0.193 e. The van der Waals surface area contributed by atoms with E-state index in [9.17, 15) is 0 Å². The fourth-order valence-corrected chi connectivity index (χ4v) is 3.06. The topological polar surface area (TPSA) is 58.3 Å². The van der Waals surface area contributed by atoms with Crippen LogP contribution in [0.25, 0.3) is 0 Å². The van der Waals surface area contributed by atoms with E-state index in [2.05, 4.69) is 37.6 Å². The monoisotopic (exact) mass is 312 g/mol. The number of nitrogens with zero attached hydrogens (tertiary/aromatic N) is 5. The van der Waals surface area contributed by atoms with Gasteiger partial charge in [0, 0.05) is 64.2 Å². The predicted molar refractivity (Wildman–Crippen MR) is 91.4 cm³/mol. The van der Waals surface area contributed by atoms with Gasteiger partial charge >= 0.3 is 0 Å². The van der Waals surface area contributed by atoms with Crippen molar-refractivity contribution in [1.29, 1.82) is 0 Å². The van der Waals surface area contributed by atoms with Crippen LogP contribution in [0, 0.1) is 0 Å². The summed E-state index contributed by atoms with van der Waals surface area (Å²) in [5.41, 5.74) is 2.42. The molecule has 2 aromatic heterocycles. The number of aliphatic imine (C=N–C) groups is 1. The van der Waals surface area contributed by atoms with Crippen LogP contribution in [0.5, 0.6) is 0 Å². The van der Waals surface area contributed by atoms with E-state index in [1.54, 1.807) is 0 Å². The van der Waals surface area contributed by atoms with Gasteiger partial charge in [0.15, 0.2) is 5.96 Å². The van der Waals surface area contributed by atoms with Crippen LogP contribution in [0.4, 0.5) is 0 Å². The van der Waals surface area contributed by atoms with Gasteiger partial charge in [0.05, 0.1) is 6.20 Å². The summed E-state index contributed by atoms with van der Waals surface area (Å²) in [7, 11) is 3.81. The van der Waals surface area contributed by atoms with Crippen molar-refractivity contribution in [3.8, 4) is 0 Å². The molecule has 1 unspecified atom stereocenters. The zero-order valence-electron chi connectivity index (χ0n) is 13.8. The molecule has 0 amide bonds. The number of hydrogen-bond acceptors (Lipinski definition) is 3. The van der Waals surface area contributed by atoms with Crippen LogP contribution < -0.4 is 5.32 Å². The second-order valence-electron chi connectivity index (χ2n) is 5.92. The second kappa shape index (κ2) is 7.26. The minimum atomic E-state index is 0.540. The van der Waals surface area contributed by atoms with Gasteiger partial charge in [0.2, 0.25) is 0 Å². The average Bonchev–Trinajstić information content (AvgIpc) is 3.21. The summed E-state index contributed by atoms with van der Waals surface area (Å²) in [5.74, 6) is 1.52. The molecule has 3 heterocycles. The highest BCUT2D eigenvalue weighted by Gasteiger charge is 2.26. The first kappa shape index (κ1) is 15.5. The highest BCUT2D eigenvalue weighted by atomic mass is 15.3. The Morgan fingerprint density at radius 2 is 2.35 bits per heavy atom. The lowest BCUT2D eigenvalue weighted by molar-refractivity contribution is 0.486. The number of pyridine rings is 1. The molecular weight excluding hydrogens is 288 g/mol. The molecule has 0 saturated carbocycles. The van der Waals surface area contributed by atoms with Crippen LogP contribution in [0.3, 0.4) is 0 Å². The summed E-state index contributed by atoms with van der Waals surface area (Å²) >= 11 is 0. The van der Waals surface area contributed by atoms with E-state index in [1.807, 2.05) is 43.3 Å². The normalized spacial score (nSPS) is 18.4. The minimum absolute atomic E-state index is 0.540. The fourth-order valence-electron chi connectivity index (χ4n) is 3.06. The van der Waals surface area contributed by atoms with E-state index in [-0.39, 0.29) is 0 Å². The van der Waals surface area contributed by atoms with Crippen LogP contribution in [-0.4, -0.2) is 52.3 Å². The summed E-state index contributed by atoms with van der Waals surface area (Å²) in [4.78, 5) is 11.1. The lowest BCUT2D eigenvalue weighted by Gasteiger charge is -2.21. The first-order chi connectivity index (χ1) is 11.3. The molecule has 0 bridgehead atoms. The van der Waals surface area contributed by atoms with Gasteiger partial charge in [-0.15, -0.1) is 0 Å². The molecule has 6 nitrogen and oxygen atoms in total. The largest absolute Gasteiger partial charge is 0.356 e. The fraction of sp³-hybridized carbons (Fsp3) is 0.471. The molecule has 0 aromatic carbocycles. The zero-order valence-corrected chi connectivity index (χ0v) is 13.8. The summed E-state index contributed by atoms with van der Waals surface area (Å²) in [5, 5.41) is 7.73. The number of nitrogens with one attached hydrogen (secondary N) is 1. The number of guanidine groups is 1. The molecule has 0 radical (unpaired) electrons. The minimum Gasteiger partial charge on any atom is -0.356 e. The molecule has 1 atom stereocenters. The third-order valence-electron chi connectivity index (χ3n) is 4.29. The quantitative estimate of drug-likeness (QED) is 0.685. The van der Waals surface area contributed by atoms with E-state index >= 15 is 0 Å². The van der Waals surface area contributed by atoms with Gasteiger partial charge in [0.25, 0.3) is 0 Å². The summed E-state index contributed by atoms with van der Waals surface area (Å²) < 4.78 is 1.87. The average molecular weight is 312 g/mol. The highest BCUT2D eigenvalue weighted by molar-refractivity contribution is 5.80. The predicted octanol–water partition coefficient (Wildman–Crippen LogP) is 1.42. The molecule has 122 valence electrons. The molecule has 1 aliphatic rings. The molecule has 23 heavy (non-hydrogen) atoms. The highest BCUT2D eigenvalue weighted by Crippen LogP contribution is 2.26. The summed E-state index contributed by atoms with van der Waals surface area (Å²) in [6, 6.07) is 6.02. The Kier molecular flexibility index (Phi) is 4.90. The molecule has 0 aliphatic carbocycles. The maximum absolute atomic E-state index is 4.42. The maximum atomic E-state index is 4.42. The van der Waals surface area contributed by atoms with Crippen molar-refractivity contribution in [2.24, 2.45) is 12.0 Å². The van der Waals surface area contributed by atoms with E-state index in [1.165, 1.54) is 5.56 Å². The van der Waals surface area contributed by atoms with Crippen molar-refractivity contribution in [2.45, 2.75) is 18.8 Å². The van der Waals surface area contributed by atoms with Crippen LogP contribution in [0.1, 0.15) is 23.6 Å². The number of likely N-dealkylation sites (tertiary alicyclic amines) is 1. The second-order valence-corrected chi connectivity index (χ2v) is 5.92. The molecule has 1 fully saturated rings. The van der Waals surface area contributed by atoms with Gasteiger partial charge in [0.1, 0.15) is 0 Å². The van der Waals surface area contributed by atoms with Crippen molar-refractivity contribution in [2.75, 3.05) is 26.7 Å². The van der Waals surface area contributed by atoms with Gasteiger partial charge in [-0.1, -0.05) is 6.07 Å². The van der Waals surface area contributed by atoms with Gasteiger partial charge in [-0.05, 0) is 24.1 Å². The molecule has 1 aliphatic heterocycles. The third kappa shape index (κ3) is 3.88. The van der Waals surface area contributed by atoms with Crippen molar-refractivity contribution in [1.82, 2.24) is 25.0 Å². The van der Waals surface area contributed by atoms with Crippen LogP contribution in [-0.2, 0) is 13.5 Å². The standard InChI is InChI=1S/C17H24N6/c1-18-17(20-9-6-16-5-3-4-8-19-16)23-10-7-14(13-23)15-11-21-22(2)12-15/h3-5,8,11-12,14H,6-7,9-10,13H2,1-2H3,(H,18,20).